The van der Waals surface area contributed by atoms with Gasteiger partial charge in [0.05, 0.1) is 0 Å². The molecule has 78 valence electrons. The average Bonchev–Trinajstić information content (AvgIpc) is 2.20. The van der Waals surface area contributed by atoms with Gasteiger partial charge < -0.3 is 11.2 Å². The maximum atomic E-state index is 3.95. The Morgan fingerprint density at radius 3 is 1.86 bits per heavy atom. The van der Waals surface area contributed by atoms with Crippen LogP contribution in [0.15, 0.2) is 0 Å². The second-order valence-electron chi connectivity index (χ2n) is 5.48. The van der Waals surface area contributed by atoms with Gasteiger partial charge in [-0.3, -0.25) is 0 Å². The SMILES string of the molecule is [CH2-]CCCN1[Si](C)(C)CC[Si]1(C)C.[Li+]. The molecular weight excluding hydrogens is 197 g/mol. The van der Waals surface area contributed by atoms with Gasteiger partial charge in [0.15, 0.2) is 0 Å². The number of hydrogen-bond acceptors (Lipinski definition) is 1. The van der Waals surface area contributed by atoms with Gasteiger partial charge in [-0.25, -0.2) is 0 Å². The van der Waals surface area contributed by atoms with Crippen molar-refractivity contribution in [3.05, 3.63) is 6.92 Å². The molecule has 0 saturated carbocycles. The molecule has 4 heteroatoms. The fraction of sp³-hybridized carbons (Fsp3) is 0.900. The van der Waals surface area contributed by atoms with Crippen molar-refractivity contribution in [2.75, 3.05) is 6.54 Å². The van der Waals surface area contributed by atoms with E-state index in [4.69, 9.17) is 0 Å². The normalized spacial score (nSPS) is 24.6. The average molecular weight is 221 g/mol. The first-order valence-electron chi connectivity index (χ1n) is 5.47. The fourth-order valence-corrected chi connectivity index (χ4v) is 16.8. The summed E-state index contributed by atoms with van der Waals surface area (Å²) < 4.78 is 2.94. The molecule has 1 rings (SSSR count). The van der Waals surface area contributed by atoms with Crippen LogP contribution in [0, 0.1) is 6.92 Å². The van der Waals surface area contributed by atoms with Crippen molar-refractivity contribution in [3.63, 3.8) is 0 Å². The van der Waals surface area contributed by atoms with Crippen molar-refractivity contribution >= 4 is 16.5 Å². The van der Waals surface area contributed by atoms with Crippen LogP contribution in [0.3, 0.4) is 0 Å². The Bertz CT molecular complexity index is 167. The van der Waals surface area contributed by atoms with Gasteiger partial charge in [0.25, 0.3) is 0 Å². The van der Waals surface area contributed by atoms with E-state index in [1.54, 1.807) is 0 Å². The van der Waals surface area contributed by atoms with E-state index >= 15 is 0 Å². The Hall–Kier alpha value is 0.991. The summed E-state index contributed by atoms with van der Waals surface area (Å²) in [5.41, 5.74) is 0. The Balaban J connectivity index is 0.00000169. The predicted octanol–water partition coefficient (Wildman–Crippen LogP) is 0.330. The molecule has 1 saturated heterocycles. The Morgan fingerprint density at radius 1 is 1.07 bits per heavy atom. The molecule has 0 N–H and O–H groups in total. The van der Waals surface area contributed by atoms with Crippen LogP contribution in [-0.4, -0.2) is 27.2 Å². The summed E-state index contributed by atoms with van der Waals surface area (Å²) in [4.78, 5) is 0. The molecule has 0 spiro atoms. The van der Waals surface area contributed by atoms with Crippen molar-refractivity contribution in [2.24, 2.45) is 0 Å². The van der Waals surface area contributed by atoms with E-state index in [0.29, 0.717) is 0 Å². The molecule has 0 aromatic rings. The number of nitrogens with zero attached hydrogens (tertiary/aromatic N) is 1. The summed E-state index contributed by atoms with van der Waals surface area (Å²) in [5, 5.41) is 0. The van der Waals surface area contributed by atoms with Crippen molar-refractivity contribution in [1.29, 1.82) is 0 Å². The van der Waals surface area contributed by atoms with Crippen LogP contribution < -0.4 is 18.9 Å². The number of unbranched alkanes of at least 4 members (excludes halogenated alkanes) is 1. The minimum atomic E-state index is -0.975. The predicted molar refractivity (Wildman–Crippen MR) is 65.9 cm³/mol. The van der Waals surface area contributed by atoms with Gasteiger partial charge in [0.2, 0.25) is 0 Å². The summed E-state index contributed by atoms with van der Waals surface area (Å²) in [6.45, 7) is 15.4. The van der Waals surface area contributed by atoms with E-state index in [1.807, 2.05) is 0 Å². The summed E-state index contributed by atoms with van der Waals surface area (Å²) in [7, 11) is -1.95. The molecule has 14 heavy (non-hydrogen) atoms. The molecule has 0 aromatic heterocycles. The van der Waals surface area contributed by atoms with Gasteiger partial charge in [-0.15, -0.1) is 0 Å². The zero-order valence-electron chi connectivity index (χ0n) is 10.7. The van der Waals surface area contributed by atoms with Crippen LogP contribution in [0.25, 0.3) is 0 Å². The zero-order valence-corrected chi connectivity index (χ0v) is 12.7. The van der Waals surface area contributed by atoms with Gasteiger partial charge in [0.1, 0.15) is 16.5 Å². The van der Waals surface area contributed by atoms with E-state index < -0.39 is 16.5 Å². The van der Waals surface area contributed by atoms with Crippen molar-refractivity contribution < 1.29 is 18.9 Å². The van der Waals surface area contributed by atoms with Gasteiger partial charge >= 0.3 is 18.9 Å². The second-order valence-corrected chi connectivity index (χ2v) is 15.3. The van der Waals surface area contributed by atoms with Crippen molar-refractivity contribution in [1.82, 2.24) is 4.23 Å². The van der Waals surface area contributed by atoms with E-state index in [9.17, 15) is 0 Å². The van der Waals surface area contributed by atoms with Crippen LogP contribution in [-0.2, 0) is 0 Å². The molecule has 0 amide bonds. The molecule has 0 bridgehead atoms. The molecular formula is C10H24LiNSi2. The fourth-order valence-electron chi connectivity index (χ4n) is 2.58. The maximum Gasteiger partial charge on any atom is 1.00 e. The van der Waals surface area contributed by atoms with Crippen LogP contribution in [0.1, 0.15) is 12.8 Å². The van der Waals surface area contributed by atoms with Crippen LogP contribution in [0.2, 0.25) is 38.3 Å². The Kier molecular flexibility index (Phi) is 5.74. The van der Waals surface area contributed by atoms with E-state index in [2.05, 4.69) is 37.3 Å². The molecule has 0 aromatic carbocycles. The van der Waals surface area contributed by atoms with Crippen molar-refractivity contribution in [2.45, 2.75) is 51.1 Å². The third kappa shape index (κ3) is 3.25. The van der Waals surface area contributed by atoms with Gasteiger partial charge in [-0.05, 0) is 18.6 Å². The first-order chi connectivity index (χ1) is 5.90. The Labute approximate surface area is 104 Å². The zero-order chi connectivity index (χ0) is 10.1. The smallest absolute Gasteiger partial charge is 0.346 e. The molecule has 1 aliphatic heterocycles. The van der Waals surface area contributed by atoms with E-state index in [-0.39, 0.29) is 18.9 Å². The second kappa shape index (κ2) is 5.36. The molecule has 1 aliphatic rings. The third-order valence-corrected chi connectivity index (χ3v) is 13.9. The summed E-state index contributed by atoms with van der Waals surface area (Å²) >= 11 is 0. The maximum absolute atomic E-state index is 3.95. The summed E-state index contributed by atoms with van der Waals surface area (Å²) in [5.74, 6) is 0. The van der Waals surface area contributed by atoms with E-state index in [0.717, 1.165) is 6.42 Å². The molecule has 1 nitrogen and oxygen atoms in total. The first-order valence-corrected chi connectivity index (χ1v) is 11.8. The van der Waals surface area contributed by atoms with E-state index in [1.165, 1.54) is 25.1 Å². The van der Waals surface area contributed by atoms with Crippen LogP contribution >= 0.6 is 0 Å². The first kappa shape index (κ1) is 15.0. The largest absolute Gasteiger partial charge is 1.00 e. The van der Waals surface area contributed by atoms with Crippen LogP contribution in [0.4, 0.5) is 0 Å². The van der Waals surface area contributed by atoms with Gasteiger partial charge in [0, 0.05) is 0 Å². The topological polar surface area (TPSA) is 3.24 Å². The minimum Gasteiger partial charge on any atom is -0.346 e. The minimum absolute atomic E-state index is 0. The standard InChI is InChI=1S/C10H24NSi2.Li/c1-6-7-8-11-12(2,3)9-10-13(11,4)5;/h1,6-10H2,2-5H3;/q-1;+1. The van der Waals surface area contributed by atoms with Gasteiger partial charge in [-0.1, -0.05) is 32.6 Å². The third-order valence-electron chi connectivity index (χ3n) is 3.44. The molecule has 0 radical (unpaired) electrons. The molecule has 0 atom stereocenters. The van der Waals surface area contributed by atoms with Crippen LogP contribution in [0.5, 0.6) is 0 Å². The summed E-state index contributed by atoms with van der Waals surface area (Å²) in [6, 6.07) is 3.06. The molecule has 0 unspecified atom stereocenters. The number of rotatable bonds is 3. The van der Waals surface area contributed by atoms with Gasteiger partial charge in [-0.2, -0.15) is 6.42 Å². The molecule has 1 fully saturated rings. The Morgan fingerprint density at radius 2 is 1.50 bits per heavy atom. The number of hydrogen-bond donors (Lipinski definition) is 0. The molecule has 1 heterocycles. The monoisotopic (exact) mass is 221 g/mol. The quantitative estimate of drug-likeness (QED) is 0.490. The summed E-state index contributed by atoms with van der Waals surface area (Å²) in [6.07, 6.45) is 2.40. The van der Waals surface area contributed by atoms with Crippen molar-refractivity contribution in [3.8, 4) is 0 Å². The molecule has 0 aliphatic carbocycles.